The summed E-state index contributed by atoms with van der Waals surface area (Å²) < 4.78 is 23.5. The van der Waals surface area contributed by atoms with Gasteiger partial charge in [0.05, 0.1) is 12.2 Å². The zero-order valence-electron chi connectivity index (χ0n) is 9.50. The second-order valence-corrected chi connectivity index (χ2v) is 4.01. The van der Waals surface area contributed by atoms with E-state index in [0.29, 0.717) is 0 Å². The van der Waals surface area contributed by atoms with Crippen molar-refractivity contribution in [2.24, 2.45) is 5.73 Å². The Bertz CT molecular complexity index is 684. The predicted octanol–water partition coefficient (Wildman–Crippen LogP) is 0.777. The van der Waals surface area contributed by atoms with Gasteiger partial charge in [0.2, 0.25) is 0 Å². The van der Waals surface area contributed by atoms with Crippen molar-refractivity contribution in [1.82, 2.24) is 4.98 Å². The van der Waals surface area contributed by atoms with Crippen LogP contribution >= 0.6 is 0 Å². The van der Waals surface area contributed by atoms with Crippen LogP contribution in [0.1, 0.15) is 0 Å². The van der Waals surface area contributed by atoms with Crippen molar-refractivity contribution in [3.8, 4) is 0 Å². The van der Waals surface area contributed by atoms with Crippen molar-refractivity contribution in [2.45, 2.75) is 6.10 Å². The summed E-state index contributed by atoms with van der Waals surface area (Å²) in [5.74, 6) is -1.38. The first kappa shape index (κ1) is 11.5. The number of primary amides is 1. The van der Waals surface area contributed by atoms with Gasteiger partial charge in [0, 0.05) is 12.1 Å². The number of rotatable bonds is 2. The van der Waals surface area contributed by atoms with Gasteiger partial charge in [-0.2, -0.15) is 0 Å². The Labute approximate surface area is 105 Å². The number of amides is 2. The Morgan fingerprint density at radius 2 is 2.32 bits per heavy atom. The van der Waals surface area contributed by atoms with Gasteiger partial charge in [0.15, 0.2) is 23.9 Å². The van der Waals surface area contributed by atoms with Crippen LogP contribution in [0.4, 0.5) is 14.9 Å². The molecule has 0 spiro atoms. The summed E-state index contributed by atoms with van der Waals surface area (Å²) in [4.78, 5) is 27.4. The highest BCUT2D eigenvalue weighted by Crippen LogP contribution is 2.27. The van der Waals surface area contributed by atoms with Crippen LogP contribution in [0.15, 0.2) is 22.9 Å². The average molecular weight is 265 g/mol. The van der Waals surface area contributed by atoms with E-state index in [0.717, 1.165) is 17.4 Å². The molecule has 1 aromatic heterocycles. The van der Waals surface area contributed by atoms with Crippen LogP contribution in [-0.2, 0) is 9.53 Å². The van der Waals surface area contributed by atoms with E-state index in [-0.39, 0.29) is 23.3 Å². The Morgan fingerprint density at radius 3 is 3.00 bits per heavy atom. The third kappa shape index (κ3) is 1.77. The van der Waals surface area contributed by atoms with Crippen molar-refractivity contribution >= 4 is 28.8 Å². The van der Waals surface area contributed by atoms with Crippen LogP contribution in [0.3, 0.4) is 0 Å². The van der Waals surface area contributed by atoms with Crippen LogP contribution in [-0.4, -0.2) is 29.6 Å². The molecule has 2 N–H and O–H groups in total. The number of hydrogen-bond acceptors (Lipinski definition) is 5. The highest BCUT2D eigenvalue weighted by Gasteiger charge is 2.36. The second-order valence-electron chi connectivity index (χ2n) is 4.01. The lowest BCUT2D eigenvalue weighted by Gasteiger charge is -2.12. The summed E-state index contributed by atoms with van der Waals surface area (Å²) in [6, 6.07) is 2.56. The van der Waals surface area contributed by atoms with Crippen molar-refractivity contribution in [1.29, 1.82) is 0 Å². The fraction of sp³-hybridized carbons (Fsp3) is 0.182. The monoisotopic (exact) mass is 265 g/mol. The number of anilines is 1. The van der Waals surface area contributed by atoms with E-state index in [1.807, 2.05) is 0 Å². The molecule has 2 aromatic rings. The normalized spacial score (nSPS) is 18.9. The van der Waals surface area contributed by atoms with E-state index >= 15 is 0 Å². The number of hydrogen-bond donors (Lipinski definition) is 1. The standard InChI is InChI=1S/C11H8FN3O4/c12-6-1-5(2-7-9(6)14-4-18-7)15-3-8(10(13)16)19-11(15)17/h1-2,4,8H,3H2,(H2,13,16)/t8-/m1/s1. The zero-order chi connectivity index (χ0) is 13.6. The lowest BCUT2D eigenvalue weighted by molar-refractivity contribution is -0.124. The smallest absolute Gasteiger partial charge is 0.415 e. The maximum Gasteiger partial charge on any atom is 0.415 e. The lowest BCUT2D eigenvalue weighted by Crippen LogP contribution is -2.32. The molecule has 8 heteroatoms. The van der Waals surface area contributed by atoms with Gasteiger partial charge in [-0.05, 0) is 0 Å². The Morgan fingerprint density at radius 1 is 1.53 bits per heavy atom. The fourth-order valence-corrected chi connectivity index (χ4v) is 1.89. The minimum atomic E-state index is -1.04. The molecule has 0 saturated carbocycles. The maximum atomic E-state index is 13.7. The summed E-state index contributed by atoms with van der Waals surface area (Å²) in [5, 5.41) is 0. The molecule has 2 amide bonds. The first-order valence-corrected chi connectivity index (χ1v) is 5.36. The quantitative estimate of drug-likeness (QED) is 0.864. The van der Waals surface area contributed by atoms with Gasteiger partial charge < -0.3 is 14.9 Å². The Kier molecular flexibility index (Phi) is 2.37. The first-order valence-electron chi connectivity index (χ1n) is 5.36. The van der Waals surface area contributed by atoms with E-state index in [4.69, 9.17) is 14.9 Å². The number of carbonyl (C=O) groups is 2. The first-order chi connectivity index (χ1) is 9.06. The van der Waals surface area contributed by atoms with Crippen molar-refractivity contribution in [3.05, 3.63) is 24.3 Å². The number of ether oxygens (including phenoxy) is 1. The summed E-state index contributed by atoms with van der Waals surface area (Å²) in [5.41, 5.74) is 5.55. The molecule has 1 aliphatic heterocycles. The summed E-state index contributed by atoms with van der Waals surface area (Å²) in [6.07, 6.45) is -0.700. The van der Waals surface area contributed by atoms with Gasteiger partial charge >= 0.3 is 6.09 Å². The number of nitrogens with zero attached hydrogens (tertiary/aromatic N) is 2. The number of halogens is 1. The SMILES string of the molecule is NC(=O)[C@H]1CN(c2cc(F)c3ncoc3c2)C(=O)O1. The second kappa shape index (κ2) is 3.94. The molecule has 1 saturated heterocycles. The lowest BCUT2D eigenvalue weighted by atomic mass is 10.2. The van der Waals surface area contributed by atoms with E-state index in [9.17, 15) is 14.0 Å². The van der Waals surface area contributed by atoms with Crippen molar-refractivity contribution in [2.75, 3.05) is 11.4 Å². The number of carbonyl (C=O) groups excluding carboxylic acids is 2. The van der Waals surface area contributed by atoms with E-state index in [1.54, 1.807) is 0 Å². The van der Waals surface area contributed by atoms with Gasteiger partial charge in [0.1, 0.15) is 5.52 Å². The van der Waals surface area contributed by atoms with Crippen LogP contribution in [0.2, 0.25) is 0 Å². The molecule has 0 bridgehead atoms. The van der Waals surface area contributed by atoms with Crippen LogP contribution < -0.4 is 10.6 Å². The predicted molar refractivity (Wildman–Crippen MR) is 60.8 cm³/mol. The number of oxazole rings is 1. The zero-order valence-corrected chi connectivity index (χ0v) is 9.50. The maximum absolute atomic E-state index is 13.7. The van der Waals surface area contributed by atoms with E-state index < -0.39 is 23.9 Å². The third-order valence-electron chi connectivity index (χ3n) is 2.82. The van der Waals surface area contributed by atoms with Gasteiger partial charge in [-0.1, -0.05) is 0 Å². The number of cyclic esters (lactones) is 1. The molecule has 1 fully saturated rings. The third-order valence-corrected chi connectivity index (χ3v) is 2.82. The number of benzene rings is 1. The molecule has 98 valence electrons. The minimum Gasteiger partial charge on any atom is -0.443 e. The van der Waals surface area contributed by atoms with Crippen LogP contribution in [0.25, 0.3) is 11.1 Å². The molecule has 0 aliphatic carbocycles. The van der Waals surface area contributed by atoms with Gasteiger partial charge in [-0.3, -0.25) is 9.69 Å². The molecule has 0 radical (unpaired) electrons. The molecular weight excluding hydrogens is 257 g/mol. The molecular formula is C11H8FN3O4. The molecule has 7 nitrogen and oxygen atoms in total. The molecule has 1 aliphatic rings. The molecule has 3 rings (SSSR count). The summed E-state index contributed by atoms with van der Waals surface area (Å²) in [7, 11) is 0. The summed E-state index contributed by atoms with van der Waals surface area (Å²) in [6.45, 7) is -0.0623. The van der Waals surface area contributed by atoms with Crippen LogP contribution in [0, 0.1) is 5.82 Å². The van der Waals surface area contributed by atoms with Gasteiger partial charge in [0.25, 0.3) is 5.91 Å². The molecule has 1 aromatic carbocycles. The Balaban J connectivity index is 2.00. The molecule has 1 atom stereocenters. The van der Waals surface area contributed by atoms with E-state index in [2.05, 4.69) is 4.98 Å². The van der Waals surface area contributed by atoms with Gasteiger partial charge in [-0.25, -0.2) is 14.2 Å². The molecule has 2 heterocycles. The largest absolute Gasteiger partial charge is 0.443 e. The molecule has 0 unspecified atom stereocenters. The van der Waals surface area contributed by atoms with E-state index in [1.165, 1.54) is 6.07 Å². The number of fused-ring (bicyclic) bond motifs is 1. The van der Waals surface area contributed by atoms with Crippen molar-refractivity contribution in [3.63, 3.8) is 0 Å². The summed E-state index contributed by atoms with van der Waals surface area (Å²) >= 11 is 0. The fourth-order valence-electron chi connectivity index (χ4n) is 1.89. The average Bonchev–Trinajstić information content (AvgIpc) is 2.95. The topological polar surface area (TPSA) is 98.7 Å². The van der Waals surface area contributed by atoms with Crippen molar-refractivity contribution < 1.29 is 23.1 Å². The highest BCUT2D eigenvalue weighted by molar-refractivity contribution is 5.96. The highest BCUT2D eigenvalue weighted by atomic mass is 19.1. The van der Waals surface area contributed by atoms with Gasteiger partial charge in [-0.15, -0.1) is 0 Å². The number of aromatic nitrogens is 1. The Hall–Kier alpha value is -2.64. The molecule has 19 heavy (non-hydrogen) atoms. The minimum absolute atomic E-state index is 0.0623. The van der Waals surface area contributed by atoms with Crippen LogP contribution in [0.5, 0.6) is 0 Å². The number of nitrogens with two attached hydrogens (primary N) is 1.